The van der Waals surface area contributed by atoms with E-state index in [1.165, 1.54) is 51.5 Å². The first-order chi connectivity index (χ1) is 13.6. The lowest BCUT2D eigenvalue weighted by atomic mass is 10.1. The maximum Gasteiger partial charge on any atom is 0.266 e. The number of imide groups is 1. The minimum Gasteiger partial charge on any atom is -0.322 e. The zero-order valence-corrected chi connectivity index (χ0v) is 17.2. The molecule has 0 unspecified atom stereocenters. The average Bonchev–Trinajstić information content (AvgIpc) is 2.91. The maximum atomic E-state index is 12.6. The fourth-order valence-electron chi connectivity index (χ4n) is 2.72. The number of nitrogens with zero attached hydrogens (tertiary/aromatic N) is 2. The number of carbonyl (C=O) groups is 3. The molecule has 0 fully saturated rings. The zero-order chi connectivity index (χ0) is 21.5. The Morgan fingerprint density at radius 2 is 1.76 bits per heavy atom. The lowest BCUT2D eigenvalue weighted by molar-refractivity contribution is -0.0258. The SMILES string of the molecule is CON(C)S(=O)(=O)c1cc(C(=O)Nc2ccc3c(c2)C(=O)N(C)C3=O)ccc1Cl. The molecule has 152 valence electrons. The predicted octanol–water partition coefficient (Wildman–Crippen LogP) is 2.00. The van der Waals surface area contributed by atoms with E-state index in [1.807, 2.05) is 0 Å². The minimum absolute atomic E-state index is 0.0255. The lowest BCUT2D eigenvalue weighted by Crippen LogP contribution is -2.26. The third-order valence-corrected chi connectivity index (χ3v) is 6.58. The van der Waals surface area contributed by atoms with Crippen molar-refractivity contribution >= 4 is 45.0 Å². The number of carbonyl (C=O) groups excluding carboxylic acids is 3. The Bertz CT molecular complexity index is 1150. The average molecular weight is 438 g/mol. The van der Waals surface area contributed by atoms with E-state index in [1.54, 1.807) is 0 Å². The highest BCUT2D eigenvalue weighted by atomic mass is 35.5. The van der Waals surface area contributed by atoms with Crippen LogP contribution in [0.1, 0.15) is 31.1 Å². The van der Waals surface area contributed by atoms with Crippen LogP contribution in [0, 0.1) is 0 Å². The number of rotatable bonds is 5. The molecule has 0 saturated carbocycles. The van der Waals surface area contributed by atoms with Crippen LogP contribution in [0.15, 0.2) is 41.3 Å². The zero-order valence-electron chi connectivity index (χ0n) is 15.6. The predicted molar refractivity (Wildman–Crippen MR) is 104 cm³/mol. The van der Waals surface area contributed by atoms with Crippen molar-refractivity contribution in [2.45, 2.75) is 4.90 Å². The molecule has 0 spiro atoms. The topological polar surface area (TPSA) is 113 Å². The fraction of sp³-hybridized carbons (Fsp3) is 0.167. The molecular weight excluding hydrogens is 422 g/mol. The number of hydrogen-bond donors (Lipinski definition) is 1. The van der Waals surface area contributed by atoms with Crippen LogP contribution in [-0.4, -0.2) is 56.7 Å². The lowest BCUT2D eigenvalue weighted by Gasteiger charge is -2.16. The van der Waals surface area contributed by atoms with Gasteiger partial charge in [0.05, 0.1) is 23.3 Å². The molecule has 0 aromatic heterocycles. The molecule has 11 heteroatoms. The van der Waals surface area contributed by atoms with E-state index >= 15 is 0 Å². The number of benzene rings is 2. The second kappa shape index (κ2) is 7.56. The summed E-state index contributed by atoms with van der Waals surface area (Å²) >= 11 is 5.99. The van der Waals surface area contributed by atoms with Gasteiger partial charge in [0.25, 0.3) is 27.7 Å². The van der Waals surface area contributed by atoms with Crippen molar-refractivity contribution < 1.29 is 27.6 Å². The summed E-state index contributed by atoms with van der Waals surface area (Å²) in [4.78, 5) is 42.0. The summed E-state index contributed by atoms with van der Waals surface area (Å²) in [7, 11) is -0.321. The van der Waals surface area contributed by atoms with E-state index in [4.69, 9.17) is 16.4 Å². The van der Waals surface area contributed by atoms with Gasteiger partial charge in [0.15, 0.2) is 0 Å². The first kappa shape index (κ1) is 20.9. The summed E-state index contributed by atoms with van der Waals surface area (Å²) in [6.07, 6.45) is 0. The Labute approximate surface area is 171 Å². The molecule has 1 aliphatic heterocycles. The van der Waals surface area contributed by atoms with Crippen LogP contribution in [0.5, 0.6) is 0 Å². The molecule has 0 bridgehead atoms. The van der Waals surface area contributed by atoms with Crippen molar-refractivity contribution in [3.8, 4) is 0 Å². The fourth-order valence-corrected chi connectivity index (χ4v) is 4.19. The molecule has 2 aromatic rings. The molecule has 0 aliphatic carbocycles. The van der Waals surface area contributed by atoms with Crippen LogP contribution in [-0.2, 0) is 14.9 Å². The highest BCUT2D eigenvalue weighted by molar-refractivity contribution is 7.89. The Morgan fingerprint density at radius 3 is 2.41 bits per heavy atom. The van der Waals surface area contributed by atoms with Crippen LogP contribution < -0.4 is 5.32 Å². The standard InChI is InChI=1S/C18H16ClN3O6S/c1-21-17(24)12-6-5-11(9-13(12)18(21)25)20-16(23)10-4-7-14(19)15(8-10)29(26,27)22(2)28-3/h4-9H,1-3H3,(H,20,23). The van der Waals surface area contributed by atoms with E-state index in [0.29, 0.717) is 4.47 Å². The third kappa shape index (κ3) is 3.62. The van der Waals surface area contributed by atoms with Gasteiger partial charge in [-0.25, -0.2) is 8.42 Å². The van der Waals surface area contributed by atoms with Gasteiger partial charge in [0.1, 0.15) is 4.90 Å². The van der Waals surface area contributed by atoms with E-state index in [-0.39, 0.29) is 32.3 Å². The molecule has 3 amide bonds. The molecule has 3 rings (SSSR count). The number of hydrogen-bond acceptors (Lipinski definition) is 6. The third-order valence-electron chi connectivity index (χ3n) is 4.41. The van der Waals surface area contributed by atoms with Crippen LogP contribution in [0.4, 0.5) is 5.69 Å². The smallest absolute Gasteiger partial charge is 0.266 e. The monoisotopic (exact) mass is 437 g/mol. The number of anilines is 1. The van der Waals surface area contributed by atoms with Crippen molar-refractivity contribution in [2.24, 2.45) is 0 Å². The van der Waals surface area contributed by atoms with E-state index < -0.39 is 27.7 Å². The largest absolute Gasteiger partial charge is 0.322 e. The number of fused-ring (bicyclic) bond motifs is 1. The van der Waals surface area contributed by atoms with Gasteiger partial charge < -0.3 is 5.32 Å². The van der Waals surface area contributed by atoms with Gasteiger partial charge in [-0.1, -0.05) is 16.1 Å². The van der Waals surface area contributed by atoms with Gasteiger partial charge in [-0.05, 0) is 36.4 Å². The van der Waals surface area contributed by atoms with Crippen LogP contribution in [0.25, 0.3) is 0 Å². The second-order valence-corrected chi connectivity index (χ2v) is 8.44. The Balaban J connectivity index is 1.91. The first-order valence-corrected chi connectivity index (χ1v) is 10.00. The van der Waals surface area contributed by atoms with Gasteiger partial charge in [-0.2, -0.15) is 0 Å². The number of halogens is 1. The molecular formula is C18H16ClN3O6S. The normalized spacial score (nSPS) is 13.8. The summed E-state index contributed by atoms with van der Waals surface area (Å²) in [5, 5.41) is 2.50. The Hall–Kier alpha value is -2.79. The summed E-state index contributed by atoms with van der Waals surface area (Å²) in [5.41, 5.74) is 0.727. The van der Waals surface area contributed by atoms with Crippen molar-refractivity contribution in [3.05, 3.63) is 58.1 Å². The van der Waals surface area contributed by atoms with Gasteiger partial charge in [0.2, 0.25) is 0 Å². The molecule has 1 aliphatic rings. The Morgan fingerprint density at radius 1 is 1.10 bits per heavy atom. The van der Waals surface area contributed by atoms with Crippen LogP contribution >= 0.6 is 11.6 Å². The molecule has 0 atom stereocenters. The van der Waals surface area contributed by atoms with Gasteiger partial charge in [0, 0.05) is 25.3 Å². The molecule has 0 radical (unpaired) electrons. The summed E-state index contributed by atoms with van der Waals surface area (Å²) in [6, 6.07) is 8.08. The Kier molecular flexibility index (Phi) is 5.46. The number of nitrogens with one attached hydrogen (secondary N) is 1. The van der Waals surface area contributed by atoms with Gasteiger partial charge in [-0.15, -0.1) is 0 Å². The number of hydroxylamine groups is 1. The molecule has 2 aromatic carbocycles. The van der Waals surface area contributed by atoms with Crippen molar-refractivity contribution in [1.29, 1.82) is 0 Å². The molecule has 1 heterocycles. The van der Waals surface area contributed by atoms with Crippen molar-refractivity contribution in [2.75, 3.05) is 26.5 Å². The van der Waals surface area contributed by atoms with Gasteiger partial charge >= 0.3 is 0 Å². The van der Waals surface area contributed by atoms with Crippen molar-refractivity contribution in [3.63, 3.8) is 0 Å². The van der Waals surface area contributed by atoms with E-state index in [0.717, 1.165) is 11.0 Å². The molecule has 1 N–H and O–H groups in total. The van der Waals surface area contributed by atoms with Crippen molar-refractivity contribution in [1.82, 2.24) is 9.37 Å². The van der Waals surface area contributed by atoms with Crippen LogP contribution in [0.2, 0.25) is 5.02 Å². The summed E-state index contributed by atoms with van der Waals surface area (Å²) < 4.78 is 25.5. The summed E-state index contributed by atoms with van der Waals surface area (Å²) in [6.45, 7) is 0. The maximum absolute atomic E-state index is 12.6. The minimum atomic E-state index is -4.06. The van der Waals surface area contributed by atoms with E-state index in [9.17, 15) is 22.8 Å². The first-order valence-electron chi connectivity index (χ1n) is 8.18. The second-order valence-electron chi connectivity index (χ2n) is 6.13. The van der Waals surface area contributed by atoms with E-state index in [2.05, 4.69) is 5.32 Å². The van der Waals surface area contributed by atoms with Gasteiger partial charge in [-0.3, -0.25) is 24.1 Å². The highest BCUT2D eigenvalue weighted by Crippen LogP contribution is 2.27. The summed E-state index contributed by atoms with van der Waals surface area (Å²) in [5.74, 6) is -1.51. The molecule has 29 heavy (non-hydrogen) atoms. The number of amides is 3. The highest BCUT2D eigenvalue weighted by Gasteiger charge is 2.33. The molecule has 9 nitrogen and oxygen atoms in total. The number of sulfonamides is 1. The van der Waals surface area contributed by atoms with Crippen LogP contribution in [0.3, 0.4) is 0 Å². The quantitative estimate of drug-likeness (QED) is 0.565. The molecule has 0 saturated heterocycles.